The molecular weight excluding hydrogens is 409 g/mol. The van der Waals surface area contributed by atoms with Crippen LogP contribution in [-0.4, -0.2) is 21.6 Å². The molecule has 4 rings (SSSR count). The number of carbonyl (C=O) groups is 2. The van der Waals surface area contributed by atoms with E-state index in [0.29, 0.717) is 15.9 Å². The van der Waals surface area contributed by atoms with E-state index in [-0.39, 0.29) is 24.1 Å². The summed E-state index contributed by atoms with van der Waals surface area (Å²) >= 11 is 0. The van der Waals surface area contributed by atoms with Crippen LogP contribution >= 0.6 is 0 Å². The van der Waals surface area contributed by atoms with Crippen LogP contribution in [0.15, 0.2) is 60.8 Å². The van der Waals surface area contributed by atoms with E-state index in [0.717, 1.165) is 19.0 Å². The van der Waals surface area contributed by atoms with Gasteiger partial charge in [-0.05, 0) is 42.7 Å². The molecule has 2 aromatic carbocycles. The predicted octanol–water partition coefficient (Wildman–Crippen LogP) is 4.17. The minimum Gasteiger partial charge on any atom is -0.348 e. The van der Waals surface area contributed by atoms with Crippen LogP contribution in [0.4, 0.5) is 18.9 Å². The number of halogens is 3. The van der Waals surface area contributed by atoms with Crippen LogP contribution in [0.2, 0.25) is 0 Å². The van der Waals surface area contributed by atoms with Crippen LogP contribution < -0.4 is 10.6 Å². The molecule has 1 heterocycles. The molecular formula is C22H19F3N4O2. The molecule has 31 heavy (non-hydrogen) atoms. The molecule has 1 aliphatic carbocycles. The van der Waals surface area contributed by atoms with Gasteiger partial charge in [0, 0.05) is 18.2 Å². The Morgan fingerprint density at radius 1 is 1.06 bits per heavy atom. The molecule has 3 aromatic rings. The number of rotatable bonds is 6. The van der Waals surface area contributed by atoms with Gasteiger partial charge < -0.3 is 10.6 Å². The first kappa shape index (κ1) is 20.6. The van der Waals surface area contributed by atoms with Crippen molar-refractivity contribution in [1.29, 1.82) is 0 Å². The second kappa shape index (κ2) is 8.25. The van der Waals surface area contributed by atoms with Crippen LogP contribution in [0.5, 0.6) is 0 Å². The highest BCUT2D eigenvalue weighted by Gasteiger charge is 2.40. The topological polar surface area (TPSA) is 76.0 Å². The molecule has 160 valence electrons. The number of alkyl halides is 3. The molecule has 1 aromatic heterocycles. The number of hydrogen-bond donors (Lipinski definition) is 2. The standard InChI is InChI=1S/C22H19F3N4O2/c23-22(24,25)19-18(13-27-29(19)17-7-2-1-3-8-17)21(31)26-12-14-5-4-6-16(11-14)28-20(30)15-9-10-15/h1-8,11,13,15H,9-10,12H2,(H,26,31)(H,28,30). The molecule has 0 aliphatic heterocycles. The number of aromatic nitrogens is 2. The fraction of sp³-hybridized carbons (Fsp3) is 0.227. The molecule has 0 radical (unpaired) electrons. The highest BCUT2D eigenvalue weighted by atomic mass is 19.4. The smallest absolute Gasteiger partial charge is 0.348 e. The minimum atomic E-state index is -4.77. The summed E-state index contributed by atoms with van der Waals surface area (Å²) in [6, 6.07) is 14.6. The van der Waals surface area contributed by atoms with Crippen molar-refractivity contribution in [2.24, 2.45) is 5.92 Å². The number of nitrogens with one attached hydrogen (secondary N) is 2. The zero-order valence-corrected chi connectivity index (χ0v) is 16.3. The van der Waals surface area contributed by atoms with Crippen molar-refractivity contribution in [1.82, 2.24) is 15.1 Å². The molecule has 2 N–H and O–H groups in total. The van der Waals surface area contributed by atoms with Crippen molar-refractivity contribution >= 4 is 17.5 Å². The quantitative estimate of drug-likeness (QED) is 0.619. The minimum absolute atomic E-state index is 0.000212. The highest BCUT2D eigenvalue weighted by molar-refractivity contribution is 5.95. The lowest BCUT2D eigenvalue weighted by Crippen LogP contribution is -2.26. The number of para-hydroxylation sites is 1. The monoisotopic (exact) mass is 428 g/mol. The van der Waals surface area contributed by atoms with Crippen molar-refractivity contribution in [3.63, 3.8) is 0 Å². The van der Waals surface area contributed by atoms with Crippen LogP contribution in [0.25, 0.3) is 5.69 Å². The summed E-state index contributed by atoms with van der Waals surface area (Å²) in [6.07, 6.45) is -2.11. The molecule has 0 saturated heterocycles. The molecule has 1 aliphatic rings. The SMILES string of the molecule is O=C(NCc1cccc(NC(=O)C2CC2)c1)c1cnn(-c2ccccc2)c1C(F)(F)F. The second-order valence-electron chi connectivity index (χ2n) is 7.30. The van der Waals surface area contributed by atoms with Gasteiger partial charge in [-0.1, -0.05) is 30.3 Å². The summed E-state index contributed by atoms with van der Waals surface area (Å²) in [5.41, 5.74) is -0.272. The largest absolute Gasteiger partial charge is 0.434 e. The average molecular weight is 428 g/mol. The summed E-state index contributed by atoms with van der Waals surface area (Å²) in [7, 11) is 0. The maximum atomic E-state index is 13.7. The Bertz CT molecular complexity index is 1110. The van der Waals surface area contributed by atoms with Gasteiger partial charge in [0.2, 0.25) is 5.91 Å². The maximum absolute atomic E-state index is 13.7. The summed E-state index contributed by atoms with van der Waals surface area (Å²) in [6.45, 7) is -0.000212. The number of nitrogens with zero attached hydrogens (tertiary/aromatic N) is 2. The fourth-order valence-corrected chi connectivity index (χ4v) is 3.18. The van der Waals surface area contributed by atoms with Gasteiger partial charge in [-0.3, -0.25) is 9.59 Å². The van der Waals surface area contributed by atoms with E-state index in [1.807, 2.05) is 0 Å². The first-order chi connectivity index (χ1) is 14.8. The van der Waals surface area contributed by atoms with Crippen molar-refractivity contribution in [3.05, 3.63) is 77.6 Å². The van der Waals surface area contributed by atoms with E-state index in [2.05, 4.69) is 15.7 Å². The lowest BCUT2D eigenvalue weighted by molar-refractivity contribution is -0.143. The highest BCUT2D eigenvalue weighted by Crippen LogP contribution is 2.33. The van der Waals surface area contributed by atoms with E-state index in [1.54, 1.807) is 42.5 Å². The molecule has 0 bridgehead atoms. The molecule has 6 nitrogen and oxygen atoms in total. The lowest BCUT2D eigenvalue weighted by atomic mass is 10.1. The summed E-state index contributed by atoms with van der Waals surface area (Å²) in [4.78, 5) is 24.4. The molecule has 0 atom stereocenters. The lowest BCUT2D eigenvalue weighted by Gasteiger charge is -2.13. The van der Waals surface area contributed by atoms with Gasteiger partial charge in [0.15, 0.2) is 5.69 Å². The third kappa shape index (κ3) is 4.76. The third-order valence-electron chi connectivity index (χ3n) is 4.88. The molecule has 1 saturated carbocycles. The molecule has 0 unspecified atom stereocenters. The number of amides is 2. The molecule has 9 heteroatoms. The van der Waals surface area contributed by atoms with Crippen molar-refractivity contribution in [3.8, 4) is 5.69 Å². The fourth-order valence-electron chi connectivity index (χ4n) is 3.18. The van der Waals surface area contributed by atoms with Crippen molar-refractivity contribution in [2.75, 3.05) is 5.32 Å². The summed E-state index contributed by atoms with van der Waals surface area (Å²) < 4.78 is 41.9. The first-order valence-electron chi connectivity index (χ1n) is 9.71. The normalized spacial score (nSPS) is 13.6. The number of benzene rings is 2. The van der Waals surface area contributed by atoms with Gasteiger partial charge >= 0.3 is 6.18 Å². The Morgan fingerprint density at radius 2 is 1.81 bits per heavy atom. The molecule has 0 spiro atoms. The van der Waals surface area contributed by atoms with Gasteiger partial charge in [-0.2, -0.15) is 18.3 Å². The Hall–Kier alpha value is -3.62. The van der Waals surface area contributed by atoms with Crippen LogP contribution in [-0.2, 0) is 17.5 Å². The second-order valence-corrected chi connectivity index (χ2v) is 7.30. The Balaban J connectivity index is 1.50. The average Bonchev–Trinajstić information content (AvgIpc) is 3.50. The number of carbonyl (C=O) groups excluding carboxylic acids is 2. The zero-order chi connectivity index (χ0) is 22.0. The number of hydrogen-bond acceptors (Lipinski definition) is 3. The van der Waals surface area contributed by atoms with E-state index < -0.39 is 23.3 Å². The predicted molar refractivity (Wildman–Crippen MR) is 108 cm³/mol. The zero-order valence-electron chi connectivity index (χ0n) is 16.3. The van der Waals surface area contributed by atoms with Gasteiger partial charge in [0.1, 0.15) is 0 Å². The Labute approximate surface area is 176 Å². The van der Waals surface area contributed by atoms with Crippen molar-refractivity contribution in [2.45, 2.75) is 25.6 Å². The van der Waals surface area contributed by atoms with Gasteiger partial charge in [0.25, 0.3) is 5.91 Å². The van der Waals surface area contributed by atoms with Gasteiger partial charge in [0.05, 0.1) is 17.4 Å². The summed E-state index contributed by atoms with van der Waals surface area (Å²) in [5.74, 6) is -0.892. The van der Waals surface area contributed by atoms with E-state index >= 15 is 0 Å². The van der Waals surface area contributed by atoms with E-state index in [4.69, 9.17) is 0 Å². The van der Waals surface area contributed by atoms with Gasteiger partial charge in [-0.15, -0.1) is 0 Å². The van der Waals surface area contributed by atoms with Crippen LogP contribution in [0.1, 0.15) is 34.5 Å². The molecule has 1 fully saturated rings. The summed E-state index contributed by atoms with van der Waals surface area (Å²) in [5, 5.41) is 9.09. The van der Waals surface area contributed by atoms with Crippen molar-refractivity contribution < 1.29 is 22.8 Å². The van der Waals surface area contributed by atoms with Gasteiger partial charge in [-0.25, -0.2) is 4.68 Å². The third-order valence-corrected chi connectivity index (χ3v) is 4.88. The van der Waals surface area contributed by atoms with E-state index in [9.17, 15) is 22.8 Å². The molecule has 2 amide bonds. The maximum Gasteiger partial charge on any atom is 0.434 e. The van der Waals surface area contributed by atoms with E-state index in [1.165, 1.54) is 12.1 Å². The van der Waals surface area contributed by atoms with Crippen LogP contribution in [0, 0.1) is 5.92 Å². The Morgan fingerprint density at radius 3 is 2.48 bits per heavy atom. The number of anilines is 1. The first-order valence-corrected chi connectivity index (χ1v) is 9.71. The Kier molecular flexibility index (Phi) is 5.50. The van der Waals surface area contributed by atoms with Crippen LogP contribution in [0.3, 0.4) is 0 Å².